The molecule has 0 aliphatic rings. The summed E-state index contributed by atoms with van der Waals surface area (Å²) in [7, 11) is 0. The molecule has 0 heterocycles. The third-order valence-corrected chi connectivity index (χ3v) is 5.63. The van der Waals surface area contributed by atoms with Gasteiger partial charge in [-0.2, -0.15) is 0 Å². The fourth-order valence-corrected chi connectivity index (χ4v) is 3.74. The molecule has 0 aliphatic carbocycles. The molecule has 3 aromatic rings. The first-order valence-corrected chi connectivity index (χ1v) is 12.0. The van der Waals surface area contributed by atoms with Crippen molar-refractivity contribution in [2.75, 3.05) is 23.0 Å². The topological polar surface area (TPSA) is 123 Å². The maximum Gasteiger partial charge on any atom is 0.412 e. The number of halogens is 1. The molecule has 0 saturated carbocycles. The maximum atomic E-state index is 12.8. The van der Waals surface area contributed by atoms with Crippen molar-refractivity contribution in [3.8, 4) is 5.75 Å². The Labute approximate surface area is 218 Å². The predicted octanol–water partition coefficient (Wildman–Crippen LogP) is 5.94. The maximum absolute atomic E-state index is 12.8. The highest BCUT2D eigenvalue weighted by atomic mass is 79.9. The molecule has 3 rings (SSSR count). The van der Waals surface area contributed by atoms with Crippen LogP contribution < -0.4 is 16.4 Å². The quantitative estimate of drug-likeness (QED) is 0.192. The highest BCUT2D eigenvalue weighted by Crippen LogP contribution is 2.34. The van der Waals surface area contributed by atoms with E-state index < -0.39 is 24.2 Å². The second-order valence-electron chi connectivity index (χ2n) is 7.88. The lowest BCUT2D eigenvalue weighted by Crippen LogP contribution is -2.28. The van der Waals surface area contributed by atoms with E-state index in [0.29, 0.717) is 27.1 Å². The number of nitrogens with two attached hydrogens (primary N) is 1. The Balaban J connectivity index is 1.86. The van der Waals surface area contributed by atoms with Crippen molar-refractivity contribution in [1.29, 1.82) is 0 Å². The molecule has 0 fully saturated rings. The number of carbonyl (C=O) groups is 2. The molecule has 0 aliphatic heterocycles. The van der Waals surface area contributed by atoms with Gasteiger partial charge in [0.2, 0.25) is 5.91 Å². The molecule has 36 heavy (non-hydrogen) atoms. The van der Waals surface area contributed by atoms with Gasteiger partial charge in [-0.15, -0.1) is 0 Å². The Bertz CT molecular complexity index is 1230. The Kier molecular flexibility index (Phi) is 9.49. The van der Waals surface area contributed by atoms with E-state index in [1.807, 2.05) is 19.1 Å². The average molecular weight is 554 g/mol. The van der Waals surface area contributed by atoms with Gasteiger partial charge < -0.3 is 25.6 Å². The van der Waals surface area contributed by atoms with Gasteiger partial charge in [0.1, 0.15) is 11.9 Å². The first-order valence-electron chi connectivity index (χ1n) is 11.2. The van der Waals surface area contributed by atoms with Crippen LogP contribution in [0.15, 0.2) is 83.4 Å². The second kappa shape index (κ2) is 12.8. The highest BCUT2D eigenvalue weighted by molar-refractivity contribution is 9.10. The Hall–Kier alpha value is -3.82. The minimum absolute atomic E-state index is 0.0917. The molecule has 0 unspecified atom stereocenters. The van der Waals surface area contributed by atoms with Crippen molar-refractivity contribution in [2.24, 2.45) is 0 Å². The zero-order valence-electron chi connectivity index (χ0n) is 19.9. The van der Waals surface area contributed by atoms with Gasteiger partial charge in [0.25, 0.3) is 0 Å². The van der Waals surface area contributed by atoms with Gasteiger partial charge in [-0.05, 0) is 62.4 Å². The number of para-hydroxylation sites is 2. The number of nitrogens with one attached hydrogen (secondary N) is 2. The summed E-state index contributed by atoms with van der Waals surface area (Å²) < 4.78 is 12.2. The number of benzene rings is 3. The molecule has 9 heteroatoms. The molecule has 8 nitrogen and oxygen atoms in total. The minimum Gasteiger partial charge on any atom is -0.508 e. The van der Waals surface area contributed by atoms with E-state index in [0.717, 1.165) is 5.56 Å². The number of hydrogen-bond donors (Lipinski definition) is 4. The summed E-state index contributed by atoms with van der Waals surface area (Å²) in [4.78, 5) is 25.4. The van der Waals surface area contributed by atoms with E-state index in [-0.39, 0.29) is 12.4 Å². The van der Waals surface area contributed by atoms with Crippen molar-refractivity contribution >= 4 is 45.0 Å². The van der Waals surface area contributed by atoms with Crippen molar-refractivity contribution in [1.82, 2.24) is 0 Å². The van der Waals surface area contributed by atoms with Crippen molar-refractivity contribution in [3.63, 3.8) is 0 Å². The number of carbonyl (C=O) groups excluding carboxylic acids is 2. The van der Waals surface area contributed by atoms with Gasteiger partial charge in [0.15, 0.2) is 6.10 Å². The fourth-order valence-electron chi connectivity index (χ4n) is 3.36. The van der Waals surface area contributed by atoms with Crippen LogP contribution in [0.4, 0.5) is 21.9 Å². The molecular weight excluding hydrogens is 526 g/mol. The van der Waals surface area contributed by atoms with Gasteiger partial charge in [-0.1, -0.05) is 45.8 Å². The van der Waals surface area contributed by atoms with Crippen molar-refractivity contribution in [2.45, 2.75) is 26.1 Å². The molecule has 5 N–H and O–H groups in total. The summed E-state index contributed by atoms with van der Waals surface area (Å²) >= 11 is 3.38. The summed E-state index contributed by atoms with van der Waals surface area (Å²) in [6.07, 6.45) is 0.0393. The number of amides is 2. The number of nitrogen functional groups attached to an aromatic ring is 1. The molecule has 2 amide bonds. The van der Waals surface area contributed by atoms with Crippen LogP contribution in [0.1, 0.15) is 24.2 Å². The Morgan fingerprint density at radius 1 is 1.08 bits per heavy atom. The first kappa shape index (κ1) is 26.8. The SMILES string of the molecule is CCO[C@H](/C=C/C(=O)Nc1ccccc1N)[C@H](OC(=O)Nc1ccc(C)cc1)c1cc(Br)ccc1O. The molecule has 0 aromatic heterocycles. The Morgan fingerprint density at radius 2 is 1.81 bits per heavy atom. The normalized spacial score (nSPS) is 12.6. The van der Waals surface area contributed by atoms with Crippen molar-refractivity contribution in [3.05, 3.63) is 94.5 Å². The lowest BCUT2D eigenvalue weighted by atomic mass is 10.0. The van der Waals surface area contributed by atoms with Crippen LogP contribution in [0.5, 0.6) is 5.75 Å². The van der Waals surface area contributed by atoms with E-state index in [9.17, 15) is 14.7 Å². The van der Waals surface area contributed by atoms with Crippen LogP contribution in [-0.2, 0) is 14.3 Å². The van der Waals surface area contributed by atoms with Crippen LogP contribution in [0.25, 0.3) is 0 Å². The number of hydrogen-bond acceptors (Lipinski definition) is 6. The van der Waals surface area contributed by atoms with Crippen LogP contribution in [-0.4, -0.2) is 29.8 Å². The lowest BCUT2D eigenvalue weighted by molar-refractivity contribution is -0.112. The predicted molar refractivity (Wildman–Crippen MR) is 144 cm³/mol. The van der Waals surface area contributed by atoms with E-state index in [1.165, 1.54) is 18.2 Å². The second-order valence-corrected chi connectivity index (χ2v) is 8.79. The zero-order chi connectivity index (χ0) is 26.1. The van der Waals surface area contributed by atoms with Crippen LogP contribution in [0.2, 0.25) is 0 Å². The van der Waals surface area contributed by atoms with E-state index in [4.69, 9.17) is 15.2 Å². The van der Waals surface area contributed by atoms with E-state index >= 15 is 0 Å². The van der Waals surface area contributed by atoms with Gasteiger partial charge in [0, 0.05) is 28.4 Å². The standard InChI is InChI=1S/C27H28BrN3O5/c1-3-35-24(14-15-25(33)31-22-7-5-4-6-21(22)29)26(20-16-18(28)10-13-23(20)32)36-27(34)30-19-11-8-17(2)9-12-19/h4-16,24,26,32H,3,29H2,1-2H3,(H,30,34)(H,31,33)/b15-14+/t24-,26-/m1/s1. The molecule has 0 spiro atoms. The van der Waals surface area contributed by atoms with Gasteiger partial charge >= 0.3 is 6.09 Å². The fraction of sp³-hybridized carbons (Fsp3) is 0.185. The summed E-state index contributed by atoms with van der Waals surface area (Å²) in [5.41, 5.74) is 8.68. The molecular formula is C27H28BrN3O5. The lowest BCUT2D eigenvalue weighted by Gasteiger charge is -2.26. The Morgan fingerprint density at radius 3 is 2.50 bits per heavy atom. The molecule has 0 radical (unpaired) electrons. The molecule has 0 bridgehead atoms. The number of phenolic OH excluding ortho intramolecular Hbond substituents is 1. The summed E-state index contributed by atoms with van der Waals surface area (Å²) in [5, 5.41) is 15.9. The number of phenols is 1. The number of aryl methyl sites for hydroxylation is 1. The summed E-state index contributed by atoms with van der Waals surface area (Å²) in [6.45, 7) is 3.97. The summed E-state index contributed by atoms with van der Waals surface area (Å²) in [5.74, 6) is -0.537. The van der Waals surface area contributed by atoms with Gasteiger partial charge in [0.05, 0.1) is 11.4 Å². The van der Waals surface area contributed by atoms with Crippen LogP contribution in [0, 0.1) is 6.92 Å². The smallest absolute Gasteiger partial charge is 0.412 e. The van der Waals surface area contributed by atoms with Crippen LogP contribution >= 0.6 is 15.9 Å². The summed E-state index contributed by atoms with van der Waals surface area (Å²) in [6, 6.07) is 18.9. The third-order valence-electron chi connectivity index (χ3n) is 5.14. The highest BCUT2D eigenvalue weighted by Gasteiger charge is 2.29. The van der Waals surface area contributed by atoms with E-state index in [1.54, 1.807) is 55.5 Å². The van der Waals surface area contributed by atoms with E-state index in [2.05, 4.69) is 26.6 Å². The number of ether oxygens (including phenoxy) is 2. The zero-order valence-corrected chi connectivity index (χ0v) is 21.5. The van der Waals surface area contributed by atoms with Gasteiger partial charge in [-0.25, -0.2) is 4.79 Å². The van der Waals surface area contributed by atoms with Crippen LogP contribution in [0.3, 0.4) is 0 Å². The minimum atomic E-state index is -1.07. The van der Waals surface area contributed by atoms with Gasteiger partial charge in [-0.3, -0.25) is 10.1 Å². The number of rotatable bonds is 9. The molecule has 2 atom stereocenters. The third kappa shape index (κ3) is 7.59. The number of anilines is 3. The van der Waals surface area contributed by atoms with Crippen molar-refractivity contribution < 1.29 is 24.2 Å². The average Bonchev–Trinajstić information content (AvgIpc) is 2.85. The monoisotopic (exact) mass is 553 g/mol. The first-order chi connectivity index (χ1) is 17.3. The largest absolute Gasteiger partial charge is 0.508 e. The molecule has 188 valence electrons. The molecule has 0 saturated heterocycles. The number of aromatic hydroxyl groups is 1. The molecule has 3 aromatic carbocycles.